The zero-order valence-electron chi connectivity index (χ0n) is 9.53. The van der Waals surface area contributed by atoms with Crippen LogP contribution < -0.4 is 5.73 Å². The molecule has 1 unspecified atom stereocenters. The van der Waals surface area contributed by atoms with Gasteiger partial charge in [-0.05, 0) is 12.8 Å². The highest BCUT2D eigenvalue weighted by atomic mass is 16.5. The Morgan fingerprint density at radius 2 is 2.33 bits per heavy atom. The van der Waals surface area contributed by atoms with E-state index in [0.717, 1.165) is 6.42 Å². The zero-order chi connectivity index (χ0) is 11.7. The number of ether oxygens (including phenoxy) is 1. The minimum atomic E-state index is -0.509. The van der Waals surface area contributed by atoms with E-state index in [4.69, 9.17) is 16.9 Å². The topological polar surface area (TPSA) is 55.6 Å². The molecule has 0 aliphatic rings. The van der Waals surface area contributed by atoms with Gasteiger partial charge >= 0.3 is 0 Å². The first kappa shape index (κ1) is 13.9. The van der Waals surface area contributed by atoms with Crippen LogP contribution in [0.25, 0.3) is 0 Å². The Labute approximate surface area is 91.8 Å². The third kappa shape index (κ3) is 5.40. The number of rotatable bonds is 7. The first-order chi connectivity index (χ1) is 7.17. The van der Waals surface area contributed by atoms with E-state index in [2.05, 4.69) is 5.92 Å². The molecule has 0 rings (SSSR count). The van der Waals surface area contributed by atoms with E-state index in [9.17, 15) is 4.79 Å². The van der Waals surface area contributed by atoms with Crippen molar-refractivity contribution in [2.24, 2.45) is 5.73 Å². The summed E-state index contributed by atoms with van der Waals surface area (Å²) >= 11 is 0. The molecule has 1 amide bonds. The van der Waals surface area contributed by atoms with E-state index in [1.165, 1.54) is 0 Å². The summed E-state index contributed by atoms with van der Waals surface area (Å²) in [5, 5.41) is 0. The van der Waals surface area contributed by atoms with Crippen LogP contribution in [0.4, 0.5) is 0 Å². The Morgan fingerprint density at radius 1 is 1.67 bits per heavy atom. The van der Waals surface area contributed by atoms with Crippen LogP contribution in [0, 0.1) is 12.3 Å². The summed E-state index contributed by atoms with van der Waals surface area (Å²) in [6.07, 6.45) is 6.60. The lowest BCUT2D eigenvalue weighted by Crippen LogP contribution is -2.44. The van der Waals surface area contributed by atoms with E-state index < -0.39 is 6.04 Å². The van der Waals surface area contributed by atoms with Gasteiger partial charge in [-0.3, -0.25) is 4.79 Å². The SMILES string of the molecule is C#CCN(CCC)C(=O)C(N)CCOC. The summed E-state index contributed by atoms with van der Waals surface area (Å²) in [7, 11) is 1.59. The molecule has 0 saturated carbocycles. The number of terminal acetylenes is 1. The lowest BCUT2D eigenvalue weighted by atomic mass is 10.2. The molecule has 0 radical (unpaired) electrons. The maximum Gasteiger partial charge on any atom is 0.240 e. The van der Waals surface area contributed by atoms with E-state index >= 15 is 0 Å². The second-order valence-electron chi connectivity index (χ2n) is 3.35. The summed E-state index contributed by atoms with van der Waals surface area (Å²) in [6, 6.07) is -0.509. The van der Waals surface area contributed by atoms with Crippen molar-refractivity contribution in [3.05, 3.63) is 0 Å². The molecule has 15 heavy (non-hydrogen) atoms. The van der Waals surface area contributed by atoms with Crippen LogP contribution in [0.15, 0.2) is 0 Å². The molecule has 0 heterocycles. The van der Waals surface area contributed by atoms with Gasteiger partial charge in [0.2, 0.25) is 5.91 Å². The summed E-state index contributed by atoms with van der Waals surface area (Å²) < 4.78 is 4.87. The number of carbonyl (C=O) groups is 1. The smallest absolute Gasteiger partial charge is 0.240 e. The Hall–Kier alpha value is -1.05. The van der Waals surface area contributed by atoms with Crippen molar-refractivity contribution >= 4 is 5.91 Å². The van der Waals surface area contributed by atoms with Gasteiger partial charge in [-0.1, -0.05) is 12.8 Å². The number of carbonyl (C=O) groups excluding carboxylic acids is 1. The molecule has 0 aromatic rings. The minimum Gasteiger partial charge on any atom is -0.385 e. The molecule has 4 heteroatoms. The molecule has 4 nitrogen and oxygen atoms in total. The number of hydrogen-bond acceptors (Lipinski definition) is 3. The van der Waals surface area contributed by atoms with E-state index in [0.29, 0.717) is 26.1 Å². The highest BCUT2D eigenvalue weighted by Crippen LogP contribution is 1.99. The fourth-order valence-corrected chi connectivity index (χ4v) is 1.25. The molecular weight excluding hydrogens is 192 g/mol. The van der Waals surface area contributed by atoms with Crippen molar-refractivity contribution in [3.63, 3.8) is 0 Å². The fraction of sp³-hybridized carbons (Fsp3) is 0.727. The second-order valence-corrected chi connectivity index (χ2v) is 3.35. The largest absolute Gasteiger partial charge is 0.385 e. The first-order valence-corrected chi connectivity index (χ1v) is 5.14. The monoisotopic (exact) mass is 212 g/mol. The third-order valence-corrected chi connectivity index (χ3v) is 2.04. The normalized spacial score (nSPS) is 11.9. The maximum atomic E-state index is 11.8. The fourth-order valence-electron chi connectivity index (χ4n) is 1.25. The Bertz CT molecular complexity index is 223. The van der Waals surface area contributed by atoms with Crippen molar-refractivity contribution in [2.45, 2.75) is 25.8 Å². The van der Waals surface area contributed by atoms with E-state index in [-0.39, 0.29) is 5.91 Å². The summed E-state index contributed by atoms with van der Waals surface area (Å²) in [6.45, 7) is 3.47. The van der Waals surface area contributed by atoms with Crippen molar-refractivity contribution in [1.82, 2.24) is 4.90 Å². The molecule has 0 aromatic heterocycles. The van der Waals surface area contributed by atoms with Crippen molar-refractivity contribution in [2.75, 3.05) is 26.8 Å². The standard InChI is InChI=1S/C11H20N2O2/c1-4-7-13(8-5-2)11(14)10(12)6-9-15-3/h1,10H,5-9,12H2,2-3H3. The molecule has 0 fully saturated rings. The van der Waals surface area contributed by atoms with Crippen molar-refractivity contribution < 1.29 is 9.53 Å². The Balaban J connectivity index is 4.16. The average molecular weight is 212 g/mol. The van der Waals surface area contributed by atoms with Crippen LogP contribution in [-0.4, -0.2) is 43.7 Å². The summed E-state index contributed by atoms with van der Waals surface area (Å²) in [5.41, 5.74) is 5.72. The average Bonchev–Trinajstić information content (AvgIpc) is 2.24. The molecule has 2 N–H and O–H groups in total. The minimum absolute atomic E-state index is 0.0909. The molecule has 0 aliphatic carbocycles. The number of methoxy groups -OCH3 is 1. The predicted octanol–water partition coefficient (Wildman–Crippen LogP) is 0.222. The molecule has 1 atom stereocenters. The van der Waals surface area contributed by atoms with Crippen LogP contribution in [0.2, 0.25) is 0 Å². The summed E-state index contributed by atoms with van der Waals surface area (Å²) in [4.78, 5) is 13.4. The quantitative estimate of drug-likeness (QED) is 0.614. The first-order valence-electron chi connectivity index (χ1n) is 5.14. The van der Waals surface area contributed by atoms with Crippen LogP contribution in [-0.2, 0) is 9.53 Å². The van der Waals surface area contributed by atoms with Crippen LogP contribution >= 0.6 is 0 Å². The second kappa shape index (κ2) is 8.27. The van der Waals surface area contributed by atoms with Gasteiger partial charge in [-0.15, -0.1) is 6.42 Å². The molecule has 86 valence electrons. The molecule has 0 spiro atoms. The van der Waals surface area contributed by atoms with E-state index in [1.807, 2.05) is 6.92 Å². The molecule has 0 saturated heterocycles. The van der Waals surface area contributed by atoms with Gasteiger partial charge < -0.3 is 15.4 Å². The maximum absolute atomic E-state index is 11.8. The van der Waals surface area contributed by atoms with Gasteiger partial charge in [-0.25, -0.2) is 0 Å². The van der Waals surface area contributed by atoms with Crippen molar-refractivity contribution in [1.29, 1.82) is 0 Å². The van der Waals surface area contributed by atoms with Gasteiger partial charge in [-0.2, -0.15) is 0 Å². The number of nitrogens with two attached hydrogens (primary N) is 1. The third-order valence-electron chi connectivity index (χ3n) is 2.04. The van der Waals surface area contributed by atoms with E-state index in [1.54, 1.807) is 12.0 Å². The summed E-state index contributed by atoms with van der Waals surface area (Å²) in [5.74, 6) is 2.37. The van der Waals surface area contributed by atoms with Gasteiger partial charge in [0, 0.05) is 20.3 Å². The number of amides is 1. The molecule has 0 aliphatic heterocycles. The van der Waals surface area contributed by atoms with Crippen LogP contribution in [0.5, 0.6) is 0 Å². The van der Waals surface area contributed by atoms with Gasteiger partial charge in [0.1, 0.15) is 0 Å². The highest BCUT2D eigenvalue weighted by molar-refractivity contribution is 5.81. The van der Waals surface area contributed by atoms with Gasteiger partial charge in [0.05, 0.1) is 12.6 Å². The number of hydrogen-bond donors (Lipinski definition) is 1. The number of nitrogens with zero attached hydrogens (tertiary/aromatic N) is 1. The molecule has 0 aromatic carbocycles. The predicted molar refractivity (Wildman–Crippen MR) is 60.2 cm³/mol. The Morgan fingerprint density at radius 3 is 2.80 bits per heavy atom. The highest BCUT2D eigenvalue weighted by Gasteiger charge is 2.19. The van der Waals surface area contributed by atoms with Gasteiger partial charge in [0.15, 0.2) is 0 Å². The molecular formula is C11H20N2O2. The lowest BCUT2D eigenvalue weighted by molar-refractivity contribution is -0.132. The Kier molecular flexibility index (Phi) is 7.69. The lowest BCUT2D eigenvalue weighted by Gasteiger charge is -2.23. The van der Waals surface area contributed by atoms with Gasteiger partial charge in [0.25, 0.3) is 0 Å². The van der Waals surface area contributed by atoms with Crippen LogP contribution in [0.1, 0.15) is 19.8 Å². The zero-order valence-corrected chi connectivity index (χ0v) is 9.53. The van der Waals surface area contributed by atoms with Crippen LogP contribution in [0.3, 0.4) is 0 Å². The van der Waals surface area contributed by atoms with Crippen molar-refractivity contribution in [3.8, 4) is 12.3 Å². The molecule has 0 bridgehead atoms.